The smallest absolute Gasteiger partial charge is 0.166 e. The van der Waals surface area contributed by atoms with Gasteiger partial charge in [-0.15, -0.1) is 0 Å². The van der Waals surface area contributed by atoms with Gasteiger partial charge < -0.3 is 4.74 Å². The van der Waals surface area contributed by atoms with Gasteiger partial charge in [0.2, 0.25) is 0 Å². The number of benzene rings is 2. The van der Waals surface area contributed by atoms with Crippen molar-refractivity contribution >= 4 is 0 Å². The molecule has 0 radical (unpaired) electrons. The molecule has 0 fully saturated rings. The first kappa shape index (κ1) is 10.6. The highest BCUT2D eigenvalue weighted by Crippen LogP contribution is 2.29. The Morgan fingerprint density at radius 2 is 1.56 bits per heavy atom. The van der Waals surface area contributed by atoms with Gasteiger partial charge in [0.05, 0.1) is 0 Å². The summed E-state index contributed by atoms with van der Waals surface area (Å²) in [5, 5.41) is 0. The Morgan fingerprint density at radius 3 is 2.25 bits per heavy atom. The Labute approximate surface area is 92.3 Å². The second-order valence-electron chi connectivity index (χ2n) is 3.42. The Balaban J connectivity index is 2.38. The van der Waals surface area contributed by atoms with Crippen LogP contribution in [-0.4, -0.2) is 0 Å². The Hall–Kier alpha value is -1.90. The van der Waals surface area contributed by atoms with E-state index in [4.69, 9.17) is 4.74 Å². The van der Waals surface area contributed by atoms with Crippen molar-refractivity contribution in [2.24, 2.45) is 0 Å². The number of para-hydroxylation sites is 2. The van der Waals surface area contributed by atoms with E-state index < -0.39 is 11.6 Å². The summed E-state index contributed by atoms with van der Waals surface area (Å²) in [4.78, 5) is 0. The summed E-state index contributed by atoms with van der Waals surface area (Å²) in [6.45, 7) is 1.71. The summed E-state index contributed by atoms with van der Waals surface area (Å²) in [6.07, 6.45) is 0. The average Bonchev–Trinajstić information content (AvgIpc) is 2.26. The van der Waals surface area contributed by atoms with E-state index in [0.717, 1.165) is 0 Å². The van der Waals surface area contributed by atoms with E-state index in [1.165, 1.54) is 18.2 Å². The maximum absolute atomic E-state index is 13.4. The predicted octanol–water partition coefficient (Wildman–Crippen LogP) is 4.07. The summed E-state index contributed by atoms with van der Waals surface area (Å²) in [6, 6.07) is 10.5. The van der Waals surface area contributed by atoms with E-state index in [0.29, 0.717) is 5.56 Å². The fourth-order valence-corrected chi connectivity index (χ4v) is 1.38. The van der Waals surface area contributed by atoms with Crippen LogP contribution in [0.1, 0.15) is 5.56 Å². The van der Waals surface area contributed by atoms with Gasteiger partial charge in [-0.25, -0.2) is 8.78 Å². The number of ether oxygens (including phenoxy) is 1. The van der Waals surface area contributed by atoms with Crippen molar-refractivity contribution in [2.45, 2.75) is 6.92 Å². The van der Waals surface area contributed by atoms with Crippen molar-refractivity contribution < 1.29 is 13.5 Å². The lowest BCUT2D eigenvalue weighted by Gasteiger charge is -2.09. The SMILES string of the molecule is Cc1cccc(F)c1Oc1ccccc1F. The normalized spacial score (nSPS) is 10.2. The van der Waals surface area contributed by atoms with Crippen LogP contribution in [0.5, 0.6) is 11.5 Å². The first-order valence-electron chi connectivity index (χ1n) is 4.86. The minimum absolute atomic E-state index is 0.0238. The maximum Gasteiger partial charge on any atom is 0.166 e. The molecule has 0 heterocycles. The van der Waals surface area contributed by atoms with Gasteiger partial charge in [0.15, 0.2) is 23.1 Å². The van der Waals surface area contributed by atoms with Crippen LogP contribution in [0.2, 0.25) is 0 Å². The van der Waals surface area contributed by atoms with E-state index >= 15 is 0 Å². The highest BCUT2D eigenvalue weighted by atomic mass is 19.1. The summed E-state index contributed by atoms with van der Waals surface area (Å²) < 4.78 is 31.9. The molecule has 0 N–H and O–H groups in total. The predicted molar refractivity (Wildman–Crippen MR) is 57.6 cm³/mol. The van der Waals surface area contributed by atoms with Crippen molar-refractivity contribution in [3.63, 3.8) is 0 Å². The molecular weight excluding hydrogens is 210 g/mol. The highest BCUT2D eigenvalue weighted by molar-refractivity contribution is 5.38. The van der Waals surface area contributed by atoms with Gasteiger partial charge in [-0.2, -0.15) is 0 Å². The summed E-state index contributed by atoms with van der Waals surface area (Å²) in [7, 11) is 0. The summed E-state index contributed by atoms with van der Waals surface area (Å²) in [5.74, 6) is -0.920. The monoisotopic (exact) mass is 220 g/mol. The number of hydrogen-bond acceptors (Lipinski definition) is 1. The van der Waals surface area contributed by atoms with E-state index in [2.05, 4.69) is 0 Å². The van der Waals surface area contributed by atoms with Crippen molar-refractivity contribution in [1.29, 1.82) is 0 Å². The van der Waals surface area contributed by atoms with Gasteiger partial charge in [-0.3, -0.25) is 0 Å². The van der Waals surface area contributed by atoms with Crippen molar-refractivity contribution in [3.8, 4) is 11.5 Å². The molecule has 0 bridgehead atoms. The van der Waals surface area contributed by atoms with Gasteiger partial charge in [-0.1, -0.05) is 24.3 Å². The molecular formula is C13H10F2O. The molecule has 0 atom stereocenters. The molecule has 3 heteroatoms. The summed E-state index contributed by atoms with van der Waals surface area (Å²) >= 11 is 0. The number of hydrogen-bond donors (Lipinski definition) is 0. The Bertz CT molecular complexity index is 489. The zero-order valence-electron chi connectivity index (χ0n) is 8.71. The van der Waals surface area contributed by atoms with Crippen LogP contribution in [0.25, 0.3) is 0 Å². The molecule has 0 spiro atoms. The first-order valence-corrected chi connectivity index (χ1v) is 4.86. The van der Waals surface area contributed by atoms with Crippen LogP contribution in [0.4, 0.5) is 8.78 Å². The van der Waals surface area contributed by atoms with Crippen molar-refractivity contribution in [3.05, 3.63) is 59.7 Å². The molecule has 1 nitrogen and oxygen atoms in total. The molecule has 82 valence electrons. The van der Waals surface area contributed by atoms with Crippen LogP contribution in [-0.2, 0) is 0 Å². The zero-order chi connectivity index (χ0) is 11.5. The van der Waals surface area contributed by atoms with Gasteiger partial charge in [0.25, 0.3) is 0 Å². The summed E-state index contributed by atoms with van der Waals surface area (Å²) in [5.41, 5.74) is 0.628. The Morgan fingerprint density at radius 1 is 0.875 bits per heavy atom. The molecule has 0 unspecified atom stereocenters. The van der Waals surface area contributed by atoms with Gasteiger partial charge in [0.1, 0.15) is 0 Å². The second kappa shape index (κ2) is 4.31. The van der Waals surface area contributed by atoms with Crippen LogP contribution < -0.4 is 4.74 Å². The minimum Gasteiger partial charge on any atom is -0.451 e. The maximum atomic E-state index is 13.4. The molecule has 0 saturated carbocycles. The zero-order valence-corrected chi connectivity index (χ0v) is 8.71. The Kier molecular flexibility index (Phi) is 2.86. The van der Waals surface area contributed by atoms with E-state index in [9.17, 15) is 8.78 Å². The second-order valence-corrected chi connectivity index (χ2v) is 3.42. The van der Waals surface area contributed by atoms with Crippen molar-refractivity contribution in [1.82, 2.24) is 0 Å². The van der Waals surface area contributed by atoms with Crippen LogP contribution in [0, 0.1) is 18.6 Å². The molecule has 16 heavy (non-hydrogen) atoms. The van der Waals surface area contributed by atoms with Gasteiger partial charge in [0, 0.05) is 0 Å². The molecule has 2 aromatic rings. The molecule has 2 aromatic carbocycles. The fraction of sp³-hybridized carbons (Fsp3) is 0.0769. The number of halogens is 2. The topological polar surface area (TPSA) is 9.23 Å². The molecule has 0 aliphatic carbocycles. The molecule has 0 aromatic heterocycles. The largest absolute Gasteiger partial charge is 0.451 e. The third kappa shape index (κ3) is 2.03. The minimum atomic E-state index is -0.509. The molecule has 0 amide bonds. The lowest BCUT2D eigenvalue weighted by molar-refractivity contribution is 0.412. The molecule has 0 aliphatic rings. The van der Waals surface area contributed by atoms with Crippen molar-refractivity contribution in [2.75, 3.05) is 0 Å². The molecule has 0 saturated heterocycles. The third-order valence-corrected chi connectivity index (χ3v) is 2.21. The van der Waals surface area contributed by atoms with E-state index in [-0.39, 0.29) is 11.5 Å². The molecule has 2 rings (SSSR count). The van der Waals surface area contributed by atoms with Crippen LogP contribution in [0.15, 0.2) is 42.5 Å². The van der Waals surface area contributed by atoms with Crippen LogP contribution >= 0.6 is 0 Å². The fourth-order valence-electron chi connectivity index (χ4n) is 1.38. The average molecular weight is 220 g/mol. The number of rotatable bonds is 2. The number of aryl methyl sites for hydroxylation is 1. The standard InChI is InChI=1S/C13H10F2O/c1-9-5-4-7-11(15)13(9)16-12-8-3-2-6-10(12)14/h2-8H,1H3. The lowest BCUT2D eigenvalue weighted by atomic mass is 10.2. The highest BCUT2D eigenvalue weighted by Gasteiger charge is 2.10. The lowest BCUT2D eigenvalue weighted by Crippen LogP contribution is -1.93. The van der Waals surface area contributed by atoms with Gasteiger partial charge in [-0.05, 0) is 30.7 Å². The van der Waals surface area contributed by atoms with E-state index in [1.54, 1.807) is 31.2 Å². The molecule has 0 aliphatic heterocycles. The quantitative estimate of drug-likeness (QED) is 0.741. The van der Waals surface area contributed by atoms with Gasteiger partial charge >= 0.3 is 0 Å². The first-order chi connectivity index (χ1) is 7.68. The third-order valence-electron chi connectivity index (χ3n) is 2.21. The van der Waals surface area contributed by atoms with Crippen LogP contribution in [0.3, 0.4) is 0 Å². The van der Waals surface area contributed by atoms with E-state index in [1.807, 2.05) is 0 Å².